The number of ether oxygens (including phenoxy) is 2. The number of Topliss-reactive ketones (excluding diaryl/α,β-unsaturated/α-hetero) is 1. The highest BCUT2D eigenvalue weighted by Crippen LogP contribution is 2.30. The molecule has 1 N–H and O–H groups in total. The summed E-state index contributed by atoms with van der Waals surface area (Å²) in [5.74, 6) is -0.905. The zero-order valence-electron chi connectivity index (χ0n) is 17.7. The molecule has 1 aliphatic heterocycles. The molecule has 31 heavy (non-hydrogen) atoms. The second-order valence-corrected chi connectivity index (χ2v) is 7.40. The lowest BCUT2D eigenvalue weighted by molar-refractivity contribution is -0.116. The van der Waals surface area contributed by atoms with Gasteiger partial charge in [0, 0.05) is 30.8 Å². The van der Waals surface area contributed by atoms with Gasteiger partial charge in [-0.15, -0.1) is 0 Å². The topological polar surface area (TPSA) is 67.9 Å². The highest BCUT2D eigenvalue weighted by Gasteiger charge is 2.21. The Hall–Kier alpha value is -3.16. The van der Waals surface area contributed by atoms with Gasteiger partial charge >= 0.3 is 0 Å². The Morgan fingerprint density at radius 1 is 1.06 bits per heavy atom. The molecular weight excluding hydrogens is 406 g/mol. The Kier molecular flexibility index (Phi) is 7.44. The molecule has 0 saturated carbocycles. The molecule has 0 aromatic heterocycles. The minimum Gasteiger partial charge on any atom is -0.493 e. The van der Waals surface area contributed by atoms with E-state index >= 15 is 0 Å². The molecule has 0 bridgehead atoms. The van der Waals surface area contributed by atoms with Crippen LogP contribution in [0.25, 0.3) is 0 Å². The third kappa shape index (κ3) is 5.71. The third-order valence-corrected chi connectivity index (χ3v) is 5.10. The van der Waals surface area contributed by atoms with E-state index < -0.39 is 11.6 Å². The molecule has 0 unspecified atom stereocenters. The molecule has 1 saturated heterocycles. The quantitative estimate of drug-likeness (QED) is 0.464. The summed E-state index contributed by atoms with van der Waals surface area (Å²) in [6, 6.07) is 7.17. The number of hydrogen-bond acceptors (Lipinski definition) is 5. The van der Waals surface area contributed by atoms with Gasteiger partial charge in [0.05, 0.1) is 13.7 Å². The second kappa shape index (κ2) is 10.2. The molecule has 6 nitrogen and oxygen atoms in total. The first-order valence-electron chi connectivity index (χ1n) is 10.2. The number of benzene rings is 2. The van der Waals surface area contributed by atoms with Gasteiger partial charge in [-0.3, -0.25) is 9.59 Å². The van der Waals surface area contributed by atoms with Crippen LogP contribution in [0.3, 0.4) is 0 Å². The maximum absolute atomic E-state index is 14.4. The van der Waals surface area contributed by atoms with Crippen LogP contribution in [0.4, 0.5) is 20.2 Å². The summed E-state index contributed by atoms with van der Waals surface area (Å²) in [5, 5.41) is 2.53. The van der Waals surface area contributed by atoms with Crippen molar-refractivity contribution in [2.45, 2.75) is 32.6 Å². The smallest absolute Gasteiger partial charge is 0.224 e. The van der Waals surface area contributed by atoms with E-state index in [1.807, 2.05) is 0 Å². The first-order chi connectivity index (χ1) is 14.9. The van der Waals surface area contributed by atoms with E-state index in [2.05, 4.69) is 5.32 Å². The van der Waals surface area contributed by atoms with Crippen molar-refractivity contribution in [2.24, 2.45) is 0 Å². The highest BCUT2D eigenvalue weighted by molar-refractivity contribution is 5.94. The average molecular weight is 432 g/mol. The van der Waals surface area contributed by atoms with Crippen LogP contribution in [0.2, 0.25) is 0 Å². The Balaban J connectivity index is 1.50. The van der Waals surface area contributed by atoms with Gasteiger partial charge in [0.25, 0.3) is 0 Å². The number of rotatable bonds is 9. The monoisotopic (exact) mass is 432 g/mol. The van der Waals surface area contributed by atoms with Crippen LogP contribution < -0.4 is 19.7 Å². The molecule has 8 heteroatoms. The van der Waals surface area contributed by atoms with Gasteiger partial charge in [0.1, 0.15) is 5.69 Å². The van der Waals surface area contributed by atoms with E-state index in [9.17, 15) is 18.4 Å². The summed E-state index contributed by atoms with van der Waals surface area (Å²) in [5.41, 5.74) is 0.567. The van der Waals surface area contributed by atoms with Gasteiger partial charge < -0.3 is 19.7 Å². The molecule has 2 aromatic carbocycles. The average Bonchev–Trinajstić information content (AvgIpc) is 3.24. The van der Waals surface area contributed by atoms with Gasteiger partial charge in [-0.2, -0.15) is 0 Å². The van der Waals surface area contributed by atoms with Crippen LogP contribution in [-0.2, 0) is 4.79 Å². The molecule has 1 amide bonds. The fourth-order valence-electron chi connectivity index (χ4n) is 3.52. The van der Waals surface area contributed by atoms with E-state index in [-0.39, 0.29) is 36.1 Å². The van der Waals surface area contributed by atoms with Crippen molar-refractivity contribution in [3.05, 3.63) is 47.5 Å². The number of amides is 1. The number of carbonyl (C=O) groups is 2. The maximum Gasteiger partial charge on any atom is 0.224 e. The zero-order valence-corrected chi connectivity index (χ0v) is 17.7. The number of nitrogens with zero attached hydrogens (tertiary/aromatic N) is 1. The fourth-order valence-corrected chi connectivity index (χ4v) is 3.52. The summed E-state index contributed by atoms with van der Waals surface area (Å²) in [6.07, 6.45) is 2.32. The van der Waals surface area contributed by atoms with E-state index in [1.165, 1.54) is 14.0 Å². The number of ketones is 1. The third-order valence-electron chi connectivity index (χ3n) is 5.10. The minimum absolute atomic E-state index is 0.0337. The Labute approximate surface area is 180 Å². The molecule has 0 spiro atoms. The van der Waals surface area contributed by atoms with Crippen molar-refractivity contribution in [3.63, 3.8) is 0 Å². The first kappa shape index (κ1) is 22.5. The lowest BCUT2D eigenvalue weighted by atomic mass is 10.1. The van der Waals surface area contributed by atoms with Gasteiger partial charge in [-0.25, -0.2) is 8.78 Å². The molecule has 1 fully saturated rings. The predicted octanol–water partition coefficient (Wildman–Crippen LogP) is 4.57. The van der Waals surface area contributed by atoms with Crippen LogP contribution in [0.5, 0.6) is 11.5 Å². The molecule has 1 heterocycles. The summed E-state index contributed by atoms with van der Waals surface area (Å²) in [6.45, 7) is 2.95. The van der Waals surface area contributed by atoms with Crippen LogP contribution in [0.15, 0.2) is 30.3 Å². The Morgan fingerprint density at radius 2 is 1.74 bits per heavy atom. The SMILES string of the molecule is COc1cc(C(C)=O)ccc1OCCCC(=O)Nc1cc(F)c(N2CCCC2)c(F)c1. The van der Waals surface area contributed by atoms with Crippen LogP contribution >= 0.6 is 0 Å². The van der Waals surface area contributed by atoms with E-state index in [0.29, 0.717) is 36.6 Å². The molecule has 2 aromatic rings. The number of methoxy groups -OCH3 is 1. The molecule has 3 rings (SSSR count). The minimum atomic E-state index is -0.679. The highest BCUT2D eigenvalue weighted by atomic mass is 19.1. The number of anilines is 2. The fraction of sp³-hybridized carbons (Fsp3) is 0.391. The van der Waals surface area contributed by atoms with E-state index in [0.717, 1.165) is 25.0 Å². The predicted molar refractivity (Wildman–Crippen MR) is 114 cm³/mol. The van der Waals surface area contributed by atoms with E-state index in [4.69, 9.17) is 9.47 Å². The standard InChI is InChI=1S/C23H26F2N2O4/c1-15(28)16-7-8-20(21(12-16)30-2)31-11-5-6-22(29)26-17-13-18(24)23(19(25)14-17)27-9-3-4-10-27/h7-8,12-14H,3-6,9-11H2,1-2H3,(H,26,29). The van der Waals surface area contributed by atoms with Crippen molar-refractivity contribution in [1.29, 1.82) is 0 Å². The van der Waals surface area contributed by atoms with Crippen LogP contribution in [0.1, 0.15) is 43.0 Å². The summed E-state index contributed by atoms with van der Waals surface area (Å²) < 4.78 is 39.6. The van der Waals surface area contributed by atoms with Crippen molar-refractivity contribution in [2.75, 3.05) is 37.0 Å². The van der Waals surface area contributed by atoms with Crippen molar-refractivity contribution < 1.29 is 27.8 Å². The summed E-state index contributed by atoms with van der Waals surface area (Å²) >= 11 is 0. The van der Waals surface area contributed by atoms with Crippen LogP contribution in [-0.4, -0.2) is 38.5 Å². The van der Waals surface area contributed by atoms with Crippen molar-refractivity contribution in [1.82, 2.24) is 0 Å². The largest absolute Gasteiger partial charge is 0.493 e. The zero-order chi connectivity index (χ0) is 22.4. The van der Waals surface area contributed by atoms with Gasteiger partial charge in [-0.05, 0) is 56.5 Å². The van der Waals surface area contributed by atoms with Crippen molar-refractivity contribution in [3.8, 4) is 11.5 Å². The van der Waals surface area contributed by atoms with Gasteiger partial charge in [-0.1, -0.05) is 0 Å². The molecular formula is C23H26F2N2O4. The molecule has 1 aliphatic rings. The molecule has 0 aliphatic carbocycles. The molecule has 0 radical (unpaired) electrons. The lowest BCUT2D eigenvalue weighted by Gasteiger charge is -2.19. The Bertz CT molecular complexity index is 936. The maximum atomic E-state index is 14.4. The number of carbonyl (C=O) groups excluding carboxylic acids is 2. The number of nitrogens with one attached hydrogen (secondary N) is 1. The molecule has 0 atom stereocenters. The van der Waals surface area contributed by atoms with Crippen molar-refractivity contribution >= 4 is 23.1 Å². The van der Waals surface area contributed by atoms with Gasteiger partial charge in [0.2, 0.25) is 5.91 Å². The van der Waals surface area contributed by atoms with Gasteiger partial charge in [0.15, 0.2) is 28.9 Å². The number of hydrogen-bond donors (Lipinski definition) is 1. The van der Waals surface area contributed by atoms with E-state index in [1.54, 1.807) is 23.1 Å². The normalized spacial score (nSPS) is 13.2. The first-order valence-corrected chi connectivity index (χ1v) is 10.2. The Morgan fingerprint density at radius 3 is 2.35 bits per heavy atom. The van der Waals surface area contributed by atoms with Crippen LogP contribution in [0, 0.1) is 11.6 Å². The summed E-state index contributed by atoms with van der Waals surface area (Å²) in [7, 11) is 1.48. The summed E-state index contributed by atoms with van der Waals surface area (Å²) in [4.78, 5) is 25.3. The number of halogens is 2. The lowest BCUT2D eigenvalue weighted by Crippen LogP contribution is -2.21. The molecule has 166 valence electrons. The second-order valence-electron chi connectivity index (χ2n) is 7.40.